The van der Waals surface area contributed by atoms with Gasteiger partial charge in [-0.25, -0.2) is 39.5 Å². The van der Waals surface area contributed by atoms with Crippen LogP contribution in [-0.4, -0.2) is 43.8 Å². The van der Waals surface area contributed by atoms with Crippen LogP contribution >= 0.6 is 0 Å². The Morgan fingerprint density at radius 3 is 2.14 bits per heavy atom. The highest BCUT2D eigenvalue weighted by Gasteiger charge is 2.21. The number of hydrogen-bond donors (Lipinski definition) is 2. The van der Waals surface area contributed by atoms with Crippen LogP contribution in [0.25, 0.3) is 0 Å². The first-order chi connectivity index (χ1) is 9.33. The molecule has 0 bridgehead atoms. The molecule has 0 saturated carbocycles. The zero-order chi connectivity index (χ0) is 16.5. The van der Waals surface area contributed by atoms with Crippen molar-refractivity contribution >= 4 is 29.9 Å². The van der Waals surface area contributed by atoms with Gasteiger partial charge in [0.2, 0.25) is 20.0 Å². The third-order valence-electron chi connectivity index (χ3n) is 2.29. The first-order valence-corrected chi connectivity index (χ1v) is 10.4. The highest BCUT2D eigenvalue weighted by Crippen LogP contribution is 2.18. The Labute approximate surface area is 122 Å². The van der Waals surface area contributed by atoms with Gasteiger partial charge in [0.25, 0.3) is 0 Å². The number of nitrogens with one attached hydrogen (secondary N) is 1. The summed E-state index contributed by atoms with van der Waals surface area (Å²) in [5, 5.41) is 4.79. The zero-order valence-electron chi connectivity index (χ0n) is 10.8. The standard InChI is InChI=1S/C9H13FN2O6S3/c1-19(13,14)5-4-12-21(17,18)9-3-2-7(6-8(9)10)20(11,15)16/h2-3,6,12H,4-5H2,1H3,(H2,11,15,16). The Morgan fingerprint density at radius 2 is 1.71 bits per heavy atom. The molecule has 0 unspecified atom stereocenters. The summed E-state index contributed by atoms with van der Waals surface area (Å²) in [6, 6.07) is 2.04. The fourth-order valence-electron chi connectivity index (χ4n) is 1.32. The molecule has 0 amide bonds. The highest BCUT2D eigenvalue weighted by molar-refractivity contribution is 7.91. The molecule has 0 atom stereocenters. The van der Waals surface area contributed by atoms with Crippen molar-refractivity contribution < 1.29 is 29.6 Å². The summed E-state index contributed by atoms with van der Waals surface area (Å²) < 4.78 is 82.9. The van der Waals surface area contributed by atoms with E-state index in [1.54, 1.807) is 0 Å². The predicted molar refractivity (Wildman–Crippen MR) is 72.7 cm³/mol. The van der Waals surface area contributed by atoms with Crippen LogP contribution in [0.15, 0.2) is 28.0 Å². The summed E-state index contributed by atoms with van der Waals surface area (Å²) in [6.45, 7) is -0.433. The summed E-state index contributed by atoms with van der Waals surface area (Å²) in [5.41, 5.74) is 0. The number of halogens is 1. The van der Waals surface area contributed by atoms with Gasteiger partial charge < -0.3 is 0 Å². The smallest absolute Gasteiger partial charge is 0.229 e. The van der Waals surface area contributed by atoms with Crippen LogP contribution in [0.5, 0.6) is 0 Å². The number of benzene rings is 1. The third kappa shape index (κ3) is 5.32. The quantitative estimate of drug-likeness (QED) is 0.652. The van der Waals surface area contributed by atoms with Crippen molar-refractivity contribution in [3.8, 4) is 0 Å². The maximum atomic E-state index is 13.7. The number of sulfone groups is 1. The molecule has 1 rings (SSSR count). The van der Waals surface area contributed by atoms with Gasteiger partial charge in [-0.2, -0.15) is 0 Å². The van der Waals surface area contributed by atoms with Crippen molar-refractivity contribution in [2.45, 2.75) is 9.79 Å². The lowest BCUT2D eigenvalue weighted by atomic mass is 10.3. The maximum absolute atomic E-state index is 13.7. The minimum atomic E-state index is -4.30. The normalized spacial score (nSPS) is 13.3. The molecule has 0 spiro atoms. The summed E-state index contributed by atoms with van der Waals surface area (Å²) in [7, 11) is -11.8. The Balaban J connectivity index is 3.05. The molecule has 0 aliphatic rings. The molecular weight excluding hydrogens is 347 g/mol. The Kier molecular flexibility index (Phi) is 5.10. The lowest BCUT2D eigenvalue weighted by Gasteiger charge is -2.08. The van der Waals surface area contributed by atoms with Gasteiger partial charge in [0.1, 0.15) is 20.5 Å². The lowest BCUT2D eigenvalue weighted by Crippen LogP contribution is -2.29. The van der Waals surface area contributed by atoms with Gasteiger partial charge in [0.15, 0.2) is 0 Å². The molecule has 0 fully saturated rings. The molecule has 0 saturated heterocycles. The number of hydrogen-bond acceptors (Lipinski definition) is 6. The summed E-state index contributed by atoms with van der Waals surface area (Å²) >= 11 is 0. The van der Waals surface area contributed by atoms with Gasteiger partial charge in [0.05, 0.1) is 10.6 Å². The van der Waals surface area contributed by atoms with Crippen molar-refractivity contribution in [3.63, 3.8) is 0 Å². The van der Waals surface area contributed by atoms with E-state index in [1.165, 1.54) is 0 Å². The first-order valence-electron chi connectivity index (χ1n) is 5.33. The highest BCUT2D eigenvalue weighted by atomic mass is 32.2. The minimum absolute atomic E-state index is 0.433. The van der Waals surface area contributed by atoms with E-state index in [4.69, 9.17) is 5.14 Å². The summed E-state index contributed by atoms with van der Waals surface area (Å²) in [5.74, 6) is -1.77. The molecule has 12 heteroatoms. The van der Waals surface area contributed by atoms with E-state index >= 15 is 0 Å². The van der Waals surface area contributed by atoms with Gasteiger partial charge in [-0.1, -0.05) is 0 Å². The van der Waals surface area contributed by atoms with Crippen LogP contribution in [0, 0.1) is 5.82 Å². The summed E-state index contributed by atoms with van der Waals surface area (Å²) in [6.07, 6.45) is 0.919. The van der Waals surface area contributed by atoms with E-state index in [0.717, 1.165) is 18.4 Å². The second-order valence-electron chi connectivity index (χ2n) is 4.16. The summed E-state index contributed by atoms with van der Waals surface area (Å²) in [4.78, 5) is -1.38. The molecule has 21 heavy (non-hydrogen) atoms. The largest absolute Gasteiger partial charge is 0.243 e. The molecule has 0 radical (unpaired) electrons. The average molecular weight is 360 g/mol. The number of nitrogens with two attached hydrogens (primary N) is 1. The van der Waals surface area contributed by atoms with E-state index in [0.29, 0.717) is 6.07 Å². The van der Waals surface area contributed by atoms with Gasteiger partial charge >= 0.3 is 0 Å². The minimum Gasteiger partial charge on any atom is -0.229 e. The van der Waals surface area contributed by atoms with Crippen molar-refractivity contribution in [2.24, 2.45) is 5.14 Å². The average Bonchev–Trinajstić information content (AvgIpc) is 2.24. The Morgan fingerprint density at radius 1 is 1.14 bits per heavy atom. The molecule has 120 valence electrons. The van der Waals surface area contributed by atoms with E-state index < -0.39 is 57.8 Å². The Hall–Kier alpha value is -1.08. The van der Waals surface area contributed by atoms with Crippen LogP contribution < -0.4 is 9.86 Å². The lowest BCUT2D eigenvalue weighted by molar-refractivity contribution is 0.553. The van der Waals surface area contributed by atoms with Crippen LogP contribution in [0.3, 0.4) is 0 Å². The molecule has 1 aromatic carbocycles. The fourth-order valence-corrected chi connectivity index (χ4v) is 3.53. The van der Waals surface area contributed by atoms with Crippen molar-refractivity contribution in [1.82, 2.24) is 4.72 Å². The van der Waals surface area contributed by atoms with Gasteiger partial charge in [-0.3, -0.25) is 0 Å². The van der Waals surface area contributed by atoms with Gasteiger partial charge in [0, 0.05) is 12.8 Å². The molecule has 8 nitrogen and oxygen atoms in total. The van der Waals surface area contributed by atoms with Gasteiger partial charge in [-0.15, -0.1) is 0 Å². The van der Waals surface area contributed by atoms with Crippen molar-refractivity contribution in [2.75, 3.05) is 18.6 Å². The van der Waals surface area contributed by atoms with E-state index in [2.05, 4.69) is 0 Å². The molecule has 0 aliphatic carbocycles. The van der Waals surface area contributed by atoms with Crippen LogP contribution in [0.4, 0.5) is 4.39 Å². The zero-order valence-corrected chi connectivity index (χ0v) is 13.2. The van der Waals surface area contributed by atoms with Crippen LogP contribution in [0.2, 0.25) is 0 Å². The van der Waals surface area contributed by atoms with Crippen molar-refractivity contribution in [1.29, 1.82) is 0 Å². The monoisotopic (exact) mass is 360 g/mol. The second kappa shape index (κ2) is 5.96. The third-order valence-corrected chi connectivity index (χ3v) is 5.64. The first kappa shape index (κ1) is 18.0. The second-order valence-corrected chi connectivity index (χ2v) is 9.72. The molecule has 0 aromatic heterocycles. The molecule has 0 heterocycles. The van der Waals surface area contributed by atoms with Crippen LogP contribution in [0.1, 0.15) is 0 Å². The molecule has 0 aliphatic heterocycles. The molecule has 1 aromatic rings. The van der Waals surface area contributed by atoms with E-state index in [1.807, 2.05) is 4.72 Å². The van der Waals surface area contributed by atoms with E-state index in [9.17, 15) is 29.6 Å². The fraction of sp³-hybridized carbons (Fsp3) is 0.333. The number of primary sulfonamides is 1. The van der Waals surface area contributed by atoms with Crippen LogP contribution in [-0.2, 0) is 29.9 Å². The van der Waals surface area contributed by atoms with E-state index in [-0.39, 0.29) is 0 Å². The molecule has 3 N–H and O–H groups in total. The SMILES string of the molecule is CS(=O)(=O)CCNS(=O)(=O)c1ccc(S(N)(=O)=O)cc1F. The number of sulfonamides is 2. The van der Waals surface area contributed by atoms with Crippen molar-refractivity contribution in [3.05, 3.63) is 24.0 Å². The topological polar surface area (TPSA) is 140 Å². The Bertz CT molecular complexity index is 845. The predicted octanol–water partition coefficient (Wildman–Crippen LogP) is -1.20. The van der Waals surface area contributed by atoms with Gasteiger partial charge in [-0.05, 0) is 18.2 Å². The molecular formula is C9H13FN2O6S3. The number of rotatable bonds is 6. The maximum Gasteiger partial charge on any atom is 0.243 e.